The van der Waals surface area contributed by atoms with Crippen LogP contribution in [0.3, 0.4) is 0 Å². The maximum atomic E-state index is 5.79. The van der Waals surface area contributed by atoms with Gasteiger partial charge < -0.3 is 20.1 Å². The van der Waals surface area contributed by atoms with Crippen molar-refractivity contribution in [3.63, 3.8) is 0 Å². The molecule has 0 heterocycles. The average molecular weight is 414 g/mol. The van der Waals surface area contributed by atoms with Crippen LogP contribution < -0.4 is 15.4 Å². The predicted molar refractivity (Wildman–Crippen MR) is 93.6 cm³/mol. The molecule has 1 aromatic carbocycles. The first-order valence-electron chi connectivity index (χ1n) is 6.08. The second kappa shape index (κ2) is 12.0. The van der Waals surface area contributed by atoms with E-state index in [1.165, 1.54) is 0 Å². The van der Waals surface area contributed by atoms with Gasteiger partial charge in [0.2, 0.25) is 0 Å². The van der Waals surface area contributed by atoms with Gasteiger partial charge in [0, 0.05) is 25.7 Å². The van der Waals surface area contributed by atoms with Gasteiger partial charge in [-0.2, -0.15) is 0 Å². The molecule has 1 aromatic rings. The van der Waals surface area contributed by atoms with Crippen molar-refractivity contribution in [1.82, 2.24) is 10.6 Å². The lowest BCUT2D eigenvalue weighted by molar-refractivity contribution is 0.203. The highest BCUT2D eigenvalue weighted by Gasteiger charge is 1.97. The molecule has 0 amide bonds. The van der Waals surface area contributed by atoms with Crippen molar-refractivity contribution in [3.8, 4) is 5.75 Å². The molecule has 0 unspecified atom stereocenters. The zero-order valence-electron chi connectivity index (χ0n) is 11.7. The lowest BCUT2D eigenvalue weighted by Crippen LogP contribution is -2.40. The minimum absolute atomic E-state index is 0. The molecule has 0 radical (unpaired) electrons. The Morgan fingerprint density at radius 3 is 2.30 bits per heavy atom. The van der Waals surface area contributed by atoms with Crippen LogP contribution in [-0.2, 0) is 4.74 Å². The molecule has 0 fully saturated rings. The molecule has 0 aliphatic rings. The summed E-state index contributed by atoms with van der Waals surface area (Å²) < 4.78 is 10.5. The lowest BCUT2D eigenvalue weighted by atomic mass is 10.3. The molecule has 0 atom stereocenters. The molecule has 0 aromatic heterocycles. The number of aliphatic imine (C=N–C) groups is 1. The standard InChI is InChI=1S/C13H20ClN3O2.HI/c1-15-13(16-7-9-18-2)17-8-10-19-12-5-3-11(14)4-6-12;/h3-6H,7-10H2,1-2H3,(H2,15,16,17);1H. The van der Waals surface area contributed by atoms with Crippen LogP contribution in [0, 0.1) is 0 Å². The average Bonchev–Trinajstić information content (AvgIpc) is 2.43. The Kier molecular flexibility index (Phi) is 11.6. The summed E-state index contributed by atoms with van der Waals surface area (Å²) in [5.41, 5.74) is 0. The summed E-state index contributed by atoms with van der Waals surface area (Å²) in [6.07, 6.45) is 0. The van der Waals surface area contributed by atoms with Gasteiger partial charge in [0.25, 0.3) is 0 Å². The van der Waals surface area contributed by atoms with Gasteiger partial charge in [-0.25, -0.2) is 0 Å². The minimum Gasteiger partial charge on any atom is -0.492 e. The predicted octanol–water partition coefficient (Wildman–Crippen LogP) is 2.15. The number of rotatable bonds is 7. The molecule has 0 aliphatic carbocycles. The Labute approximate surface area is 142 Å². The fourth-order valence-electron chi connectivity index (χ4n) is 1.36. The highest BCUT2D eigenvalue weighted by Crippen LogP contribution is 2.14. The molecule has 0 saturated heterocycles. The summed E-state index contributed by atoms with van der Waals surface area (Å²) in [4.78, 5) is 4.08. The SMILES string of the molecule is CN=C(NCCOC)NCCOc1ccc(Cl)cc1.I. The van der Waals surface area contributed by atoms with Crippen molar-refractivity contribution >= 4 is 41.5 Å². The van der Waals surface area contributed by atoms with Gasteiger partial charge in [-0.1, -0.05) is 11.6 Å². The van der Waals surface area contributed by atoms with Gasteiger partial charge in [-0.05, 0) is 24.3 Å². The Morgan fingerprint density at radius 2 is 1.75 bits per heavy atom. The Balaban J connectivity index is 0.00000361. The van der Waals surface area contributed by atoms with Crippen molar-refractivity contribution in [3.05, 3.63) is 29.3 Å². The third-order valence-electron chi connectivity index (χ3n) is 2.30. The van der Waals surface area contributed by atoms with Gasteiger partial charge in [0.05, 0.1) is 13.2 Å². The monoisotopic (exact) mass is 413 g/mol. The zero-order chi connectivity index (χ0) is 13.9. The first-order chi connectivity index (χ1) is 9.26. The molecular formula is C13H21ClIN3O2. The topological polar surface area (TPSA) is 54.9 Å². The van der Waals surface area contributed by atoms with E-state index in [0.29, 0.717) is 31.3 Å². The van der Waals surface area contributed by atoms with Crippen LogP contribution in [0.1, 0.15) is 0 Å². The molecule has 114 valence electrons. The second-order valence-electron chi connectivity index (χ2n) is 3.72. The molecule has 2 N–H and O–H groups in total. The molecule has 1 rings (SSSR count). The minimum atomic E-state index is 0. The molecule has 7 heteroatoms. The van der Waals surface area contributed by atoms with E-state index in [4.69, 9.17) is 21.1 Å². The van der Waals surface area contributed by atoms with Crippen molar-refractivity contribution in [2.45, 2.75) is 0 Å². The summed E-state index contributed by atoms with van der Waals surface area (Å²) in [7, 11) is 3.39. The second-order valence-corrected chi connectivity index (χ2v) is 4.16. The molecule has 0 spiro atoms. The third kappa shape index (κ3) is 8.44. The molecule has 0 aliphatic heterocycles. The van der Waals surface area contributed by atoms with Crippen molar-refractivity contribution < 1.29 is 9.47 Å². The number of methoxy groups -OCH3 is 1. The Morgan fingerprint density at radius 1 is 1.15 bits per heavy atom. The third-order valence-corrected chi connectivity index (χ3v) is 2.55. The highest BCUT2D eigenvalue weighted by molar-refractivity contribution is 14.0. The van der Waals surface area contributed by atoms with E-state index < -0.39 is 0 Å². The van der Waals surface area contributed by atoms with Gasteiger partial charge >= 0.3 is 0 Å². The van der Waals surface area contributed by atoms with Crippen molar-refractivity contribution in [2.24, 2.45) is 4.99 Å². The van der Waals surface area contributed by atoms with Crippen LogP contribution in [0.2, 0.25) is 5.02 Å². The lowest BCUT2D eigenvalue weighted by Gasteiger charge is -2.12. The number of nitrogens with one attached hydrogen (secondary N) is 2. The molecule has 0 saturated carbocycles. The number of benzene rings is 1. The van der Waals surface area contributed by atoms with Crippen LogP contribution in [0.25, 0.3) is 0 Å². The number of hydrogen-bond donors (Lipinski definition) is 2. The normalized spacial score (nSPS) is 10.7. The van der Waals surface area contributed by atoms with E-state index >= 15 is 0 Å². The van der Waals surface area contributed by atoms with Crippen LogP contribution in [0.5, 0.6) is 5.75 Å². The summed E-state index contributed by atoms with van der Waals surface area (Å²) in [5, 5.41) is 6.96. The number of ether oxygens (including phenoxy) is 2. The van der Waals surface area contributed by atoms with E-state index in [0.717, 1.165) is 11.7 Å². The van der Waals surface area contributed by atoms with E-state index in [1.54, 1.807) is 26.3 Å². The summed E-state index contributed by atoms with van der Waals surface area (Å²) >= 11 is 5.79. The molecule has 5 nitrogen and oxygen atoms in total. The maximum Gasteiger partial charge on any atom is 0.191 e. The van der Waals surface area contributed by atoms with E-state index in [9.17, 15) is 0 Å². The number of guanidine groups is 1. The number of nitrogens with zero attached hydrogens (tertiary/aromatic N) is 1. The largest absolute Gasteiger partial charge is 0.492 e. The van der Waals surface area contributed by atoms with Crippen molar-refractivity contribution in [2.75, 3.05) is 40.5 Å². The number of hydrogen-bond acceptors (Lipinski definition) is 3. The summed E-state index contributed by atoms with van der Waals surface area (Å²) in [6.45, 7) is 2.57. The molecule has 20 heavy (non-hydrogen) atoms. The Bertz CT molecular complexity index is 388. The van der Waals surface area contributed by atoms with Crippen LogP contribution in [0.4, 0.5) is 0 Å². The van der Waals surface area contributed by atoms with Gasteiger partial charge in [0.15, 0.2) is 5.96 Å². The smallest absolute Gasteiger partial charge is 0.191 e. The first-order valence-corrected chi connectivity index (χ1v) is 6.46. The summed E-state index contributed by atoms with van der Waals surface area (Å²) in [6, 6.07) is 7.28. The number of halogens is 2. The van der Waals surface area contributed by atoms with E-state index in [1.807, 2.05) is 12.1 Å². The molecule has 0 bridgehead atoms. The zero-order valence-corrected chi connectivity index (χ0v) is 14.8. The maximum absolute atomic E-state index is 5.79. The van der Waals surface area contributed by atoms with Gasteiger partial charge in [0.1, 0.15) is 12.4 Å². The fraction of sp³-hybridized carbons (Fsp3) is 0.462. The first kappa shape index (κ1) is 19.3. The van der Waals surface area contributed by atoms with Crippen LogP contribution in [0.15, 0.2) is 29.3 Å². The van der Waals surface area contributed by atoms with Crippen LogP contribution >= 0.6 is 35.6 Å². The van der Waals surface area contributed by atoms with E-state index in [2.05, 4.69) is 15.6 Å². The van der Waals surface area contributed by atoms with Gasteiger partial charge in [-0.3, -0.25) is 4.99 Å². The quantitative estimate of drug-likeness (QED) is 0.311. The van der Waals surface area contributed by atoms with Crippen molar-refractivity contribution in [1.29, 1.82) is 0 Å². The highest BCUT2D eigenvalue weighted by atomic mass is 127. The summed E-state index contributed by atoms with van der Waals surface area (Å²) in [5.74, 6) is 1.53. The Hall–Kier alpha value is -0.730. The fourth-order valence-corrected chi connectivity index (χ4v) is 1.49. The van der Waals surface area contributed by atoms with Gasteiger partial charge in [-0.15, -0.1) is 24.0 Å². The van der Waals surface area contributed by atoms with Crippen LogP contribution in [-0.4, -0.2) is 46.4 Å². The van der Waals surface area contributed by atoms with E-state index in [-0.39, 0.29) is 24.0 Å². The molecular weight excluding hydrogens is 393 g/mol.